The van der Waals surface area contributed by atoms with Gasteiger partial charge in [0.15, 0.2) is 0 Å². The first kappa shape index (κ1) is 46.0. The van der Waals surface area contributed by atoms with Gasteiger partial charge in [-0.3, -0.25) is 0 Å². The Kier molecular flexibility index (Phi) is 19.1. The third-order valence-electron chi connectivity index (χ3n) is 8.77. The Hall–Kier alpha value is -6.69. The molecule has 0 fully saturated rings. The van der Waals surface area contributed by atoms with Crippen molar-refractivity contribution in [2.45, 2.75) is 65.2 Å². The average Bonchev–Trinajstić information content (AvgIpc) is 3.25. The molecule has 0 N–H and O–H groups in total. The van der Waals surface area contributed by atoms with Gasteiger partial charge in [0.1, 0.15) is 23.0 Å². The van der Waals surface area contributed by atoms with E-state index in [0.717, 1.165) is 50.5 Å². The molecule has 12 heteroatoms. The molecule has 60 heavy (non-hydrogen) atoms. The Labute approximate surface area is 351 Å². The fourth-order valence-electron chi connectivity index (χ4n) is 5.33. The summed E-state index contributed by atoms with van der Waals surface area (Å²) >= 11 is 0. The van der Waals surface area contributed by atoms with Crippen LogP contribution in [0.3, 0.4) is 0 Å². The lowest BCUT2D eigenvalue weighted by atomic mass is 10.1. The van der Waals surface area contributed by atoms with Crippen LogP contribution in [-0.2, 0) is 30.2 Å². The third kappa shape index (κ3) is 16.7. The largest absolute Gasteiger partial charge is 0.494 e. The van der Waals surface area contributed by atoms with Gasteiger partial charge >= 0.3 is 29.8 Å². The minimum Gasteiger partial charge on any atom is -0.494 e. The molecule has 0 atom stereocenters. The van der Waals surface area contributed by atoms with Gasteiger partial charge < -0.3 is 33.2 Å². The molecular weight excluding hydrogens is 769 g/mol. The zero-order valence-corrected chi connectivity index (χ0v) is 34.2. The highest BCUT2D eigenvalue weighted by Gasteiger charge is 2.13. The number of hydrogen-bond donors (Lipinski definition) is 0. The molecule has 0 amide bonds. The summed E-state index contributed by atoms with van der Waals surface area (Å²) in [5.74, 6) is -0.409. The molecule has 0 unspecified atom stereocenters. The fraction of sp³-hybridized carbons (Fsp3) is 0.312. The summed E-state index contributed by atoms with van der Waals surface area (Å²) in [6.07, 6.45) is 6.29. The smallest absolute Gasteiger partial charge is 0.343 e. The Morgan fingerprint density at radius 1 is 0.400 bits per heavy atom. The summed E-state index contributed by atoms with van der Waals surface area (Å²) in [7, 11) is 0. The highest BCUT2D eigenvalue weighted by atomic mass is 16.5. The minimum absolute atomic E-state index is 0.127. The van der Waals surface area contributed by atoms with Gasteiger partial charge in [0.2, 0.25) is 0 Å². The Bertz CT molecular complexity index is 2030. The lowest BCUT2D eigenvalue weighted by Crippen LogP contribution is -2.10. The van der Waals surface area contributed by atoms with E-state index in [-0.39, 0.29) is 24.3 Å². The van der Waals surface area contributed by atoms with Crippen molar-refractivity contribution in [1.29, 1.82) is 0 Å². The van der Waals surface area contributed by atoms with Crippen molar-refractivity contribution < 1.29 is 57.1 Å². The van der Waals surface area contributed by atoms with Gasteiger partial charge in [-0.25, -0.2) is 24.0 Å². The van der Waals surface area contributed by atoms with E-state index in [2.05, 4.69) is 13.2 Å². The van der Waals surface area contributed by atoms with Gasteiger partial charge in [-0.05, 0) is 149 Å². The van der Waals surface area contributed by atoms with Gasteiger partial charge in [0.05, 0.1) is 49.7 Å². The van der Waals surface area contributed by atoms with E-state index in [0.29, 0.717) is 77.9 Å². The fourth-order valence-corrected chi connectivity index (χ4v) is 5.33. The number of carbonyl (C=O) groups is 5. The molecule has 4 rings (SSSR count). The Balaban J connectivity index is 1.08. The first-order chi connectivity index (χ1) is 29.0. The van der Waals surface area contributed by atoms with Crippen molar-refractivity contribution in [3.63, 3.8) is 0 Å². The van der Waals surface area contributed by atoms with Crippen LogP contribution in [-0.4, -0.2) is 62.9 Å². The van der Waals surface area contributed by atoms with Gasteiger partial charge in [0, 0.05) is 17.6 Å². The predicted octanol–water partition coefficient (Wildman–Crippen LogP) is 9.25. The van der Waals surface area contributed by atoms with Crippen LogP contribution in [0.25, 0.3) is 0 Å². The number of benzene rings is 4. The number of hydrogen-bond acceptors (Lipinski definition) is 12. The number of unbranched alkanes of at least 4 members (excludes halogenated alkanes) is 5. The van der Waals surface area contributed by atoms with E-state index >= 15 is 0 Å². The van der Waals surface area contributed by atoms with Crippen LogP contribution >= 0.6 is 0 Å². The Morgan fingerprint density at radius 2 is 0.750 bits per heavy atom. The van der Waals surface area contributed by atoms with Crippen molar-refractivity contribution in [2.24, 2.45) is 0 Å². The van der Waals surface area contributed by atoms with E-state index in [4.69, 9.17) is 33.2 Å². The summed E-state index contributed by atoms with van der Waals surface area (Å²) in [5.41, 5.74) is 2.68. The minimum atomic E-state index is -0.550. The van der Waals surface area contributed by atoms with Crippen molar-refractivity contribution in [2.75, 3.05) is 33.0 Å². The predicted molar refractivity (Wildman–Crippen MR) is 225 cm³/mol. The molecule has 316 valence electrons. The maximum Gasteiger partial charge on any atom is 0.343 e. The van der Waals surface area contributed by atoms with E-state index in [1.807, 2.05) is 0 Å². The number of rotatable bonds is 25. The SMILES string of the molecule is C=C(C)C(=O)OCCCCCCOc1ccc(C(=O)Oc2ccc(C(=O)OCCc3ccc(OC(=O)c4ccc(OCCCCCOC(=O)C(=C)C)cc4)cc3)cc2)cc1. The van der Waals surface area contributed by atoms with Crippen LogP contribution in [0.4, 0.5) is 0 Å². The van der Waals surface area contributed by atoms with Crippen molar-refractivity contribution in [1.82, 2.24) is 0 Å². The molecule has 0 saturated carbocycles. The molecular formula is C48H52O12. The number of carbonyl (C=O) groups excluding carboxylic acids is 5. The Morgan fingerprint density at radius 3 is 1.17 bits per heavy atom. The van der Waals surface area contributed by atoms with Crippen LogP contribution in [0.5, 0.6) is 23.0 Å². The molecule has 0 aliphatic carbocycles. The second kappa shape index (κ2) is 24.9. The van der Waals surface area contributed by atoms with Gasteiger partial charge in [-0.15, -0.1) is 0 Å². The number of esters is 5. The summed E-state index contributed by atoms with van der Waals surface area (Å²) in [6.45, 7) is 12.2. The first-order valence-corrected chi connectivity index (χ1v) is 19.9. The molecule has 12 nitrogen and oxygen atoms in total. The second-order valence-electron chi connectivity index (χ2n) is 13.9. The molecule has 0 aromatic heterocycles. The summed E-state index contributed by atoms with van der Waals surface area (Å²) in [6, 6.07) is 26.4. The molecule has 0 bridgehead atoms. The molecule has 0 aliphatic rings. The van der Waals surface area contributed by atoms with E-state index in [1.54, 1.807) is 86.6 Å². The van der Waals surface area contributed by atoms with Crippen LogP contribution < -0.4 is 18.9 Å². The maximum absolute atomic E-state index is 12.7. The van der Waals surface area contributed by atoms with Gasteiger partial charge in [-0.2, -0.15) is 0 Å². The summed E-state index contributed by atoms with van der Waals surface area (Å²) in [5, 5.41) is 0. The molecule has 0 spiro atoms. The standard InChI is InChI=1S/C48H52O12/c1-34(2)44(49)56-31-9-6-5-8-29-54-40-22-16-39(17-23-40)48(53)60-43-26-18-37(19-27-43)46(51)58-33-28-36-12-20-42(21-13-36)59-47(52)38-14-24-41(25-15-38)55-30-10-7-11-32-57-45(50)35(3)4/h12-27H,1,3,5-11,28-33H2,2,4H3. The molecule has 0 aliphatic heterocycles. The molecule has 0 heterocycles. The van der Waals surface area contributed by atoms with Crippen molar-refractivity contribution in [3.8, 4) is 23.0 Å². The highest BCUT2D eigenvalue weighted by molar-refractivity contribution is 5.92. The molecule has 4 aromatic carbocycles. The van der Waals surface area contributed by atoms with E-state index in [9.17, 15) is 24.0 Å². The highest BCUT2D eigenvalue weighted by Crippen LogP contribution is 2.20. The van der Waals surface area contributed by atoms with Crippen molar-refractivity contribution in [3.05, 3.63) is 144 Å². The zero-order chi connectivity index (χ0) is 43.1. The lowest BCUT2D eigenvalue weighted by molar-refractivity contribution is -0.139. The van der Waals surface area contributed by atoms with Gasteiger partial charge in [0.25, 0.3) is 0 Å². The first-order valence-electron chi connectivity index (χ1n) is 19.9. The van der Waals surface area contributed by atoms with E-state index < -0.39 is 17.9 Å². The van der Waals surface area contributed by atoms with Crippen LogP contribution in [0.2, 0.25) is 0 Å². The summed E-state index contributed by atoms with van der Waals surface area (Å²) in [4.78, 5) is 60.8. The maximum atomic E-state index is 12.7. The van der Waals surface area contributed by atoms with Gasteiger partial charge in [-0.1, -0.05) is 25.3 Å². The molecule has 0 radical (unpaired) electrons. The monoisotopic (exact) mass is 820 g/mol. The van der Waals surface area contributed by atoms with Crippen molar-refractivity contribution >= 4 is 29.8 Å². The second-order valence-corrected chi connectivity index (χ2v) is 13.9. The van der Waals surface area contributed by atoms with Crippen LogP contribution in [0.1, 0.15) is 95.4 Å². The average molecular weight is 821 g/mol. The third-order valence-corrected chi connectivity index (χ3v) is 8.77. The normalized spacial score (nSPS) is 10.5. The quantitative estimate of drug-likeness (QED) is 0.0206. The summed E-state index contributed by atoms with van der Waals surface area (Å²) < 4.78 is 38.1. The van der Waals surface area contributed by atoms with E-state index in [1.165, 1.54) is 24.3 Å². The lowest BCUT2D eigenvalue weighted by Gasteiger charge is -2.09. The number of ether oxygens (including phenoxy) is 7. The molecule has 4 aromatic rings. The van der Waals surface area contributed by atoms with Crippen LogP contribution in [0, 0.1) is 0 Å². The molecule has 0 saturated heterocycles. The topological polar surface area (TPSA) is 150 Å². The van der Waals surface area contributed by atoms with Crippen LogP contribution in [0.15, 0.2) is 121 Å². The zero-order valence-electron chi connectivity index (χ0n) is 34.2.